The zero-order valence-electron chi connectivity index (χ0n) is 10.1. The van der Waals surface area contributed by atoms with Crippen LogP contribution >= 0.6 is 15.9 Å². The Labute approximate surface area is 110 Å². The smallest absolute Gasteiger partial charge is 0.272 e. The van der Waals surface area contributed by atoms with Crippen molar-refractivity contribution in [2.75, 3.05) is 33.2 Å². The van der Waals surface area contributed by atoms with Crippen LogP contribution in [0.2, 0.25) is 0 Å². The molecule has 1 fully saturated rings. The number of hydrogen-bond acceptors (Lipinski definition) is 3. The van der Waals surface area contributed by atoms with Gasteiger partial charge in [-0.3, -0.25) is 4.79 Å². The van der Waals surface area contributed by atoms with E-state index in [4.69, 9.17) is 0 Å². The van der Waals surface area contributed by atoms with E-state index in [-0.39, 0.29) is 5.91 Å². The fourth-order valence-electron chi connectivity index (χ4n) is 1.92. The Morgan fingerprint density at radius 3 is 2.59 bits per heavy atom. The number of halogens is 1. The summed E-state index contributed by atoms with van der Waals surface area (Å²) in [6, 6.07) is 1.93. The summed E-state index contributed by atoms with van der Waals surface area (Å²) in [7, 11) is 2.07. The van der Waals surface area contributed by atoms with Crippen LogP contribution in [-0.2, 0) is 0 Å². The molecule has 0 saturated carbocycles. The summed E-state index contributed by atoms with van der Waals surface area (Å²) in [6.07, 6.45) is 1.68. The molecule has 0 atom stereocenters. The number of likely N-dealkylation sites (N-methyl/N-ethyl adjacent to an activating group) is 1. The van der Waals surface area contributed by atoms with E-state index in [1.807, 2.05) is 17.9 Å². The number of amides is 1. The summed E-state index contributed by atoms with van der Waals surface area (Å²) in [5.41, 5.74) is 1.49. The number of piperazine rings is 1. The largest absolute Gasteiger partial charge is 0.335 e. The van der Waals surface area contributed by atoms with Gasteiger partial charge in [0.1, 0.15) is 5.69 Å². The lowest BCUT2D eigenvalue weighted by molar-refractivity contribution is 0.0657. The minimum atomic E-state index is 0.0445. The van der Waals surface area contributed by atoms with E-state index >= 15 is 0 Å². The zero-order valence-corrected chi connectivity index (χ0v) is 11.7. The first-order valence-corrected chi connectivity index (χ1v) is 6.47. The third kappa shape index (κ3) is 2.84. The first-order valence-electron chi connectivity index (χ1n) is 5.68. The quantitative estimate of drug-likeness (QED) is 0.789. The molecule has 2 rings (SSSR count). The van der Waals surface area contributed by atoms with Crippen LogP contribution in [0.25, 0.3) is 0 Å². The third-order valence-corrected chi connectivity index (χ3v) is 3.47. The van der Waals surface area contributed by atoms with E-state index in [0.717, 1.165) is 36.2 Å². The summed E-state index contributed by atoms with van der Waals surface area (Å²) >= 11 is 3.36. The first kappa shape index (κ1) is 12.5. The van der Waals surface area contributed by atoms with Gasteiger partial charge in [-0.05, 0) is 41.5 Å². The number of carbonyl (C=O) groups is 1. The Kier molecular flexibility index (Phi) is 3.79. The van der Waals surface area contributed by atoms with Crippen molar-refractivity contribution < 1.29 is 4.79 Å². The minimum absolute atomic E-state index is 0.0445. The van der Waals surface area contributed by atoms with Crippen molar-refractivity contribution in [3.8, 4) is 0 Å². The second-order valence-electron chi connectivity index (χ2n) is 4.41. The van der Waals surface area contributed by atoms with Crippen LogP contribution < -0.4 is 0 Å². The normalized spacial score (nSPS) is 17.2. The molecule has 4 nitrogen and oxygen atoms in total. The number of pyridine rings is 1. The van der Waals surface area contributed by atoms with Crippen molar-refractivity contribution in [3.05, 3.63) is 28.0 Å². The molecule has 0 aliphatic carbocycles. The van der Waals surface area contributed by atoms with Crippen LogP contribution in [-0.4, -0.2) is 53.9 Å². The monoisotopic (exact) mass is 297 g/mol. The number of nitrogens with zero attached hydrogens (tertiary/aromatic N) is 3. The molecular weight excluding hydrogens is 282 g/mol. The Hall–Kier alpha value is -0.940. The molecule has 1 aromatic rings. The molecule has 0 unspecified atom stereocenters. The maximum absolute atomic E-state index is 12.3. The fraction of sp³-hybridized carbons (Fsp3) is 0.500. The van der Waals surface area contributed by atoms with Crippen molar-refractivity contribution in [1.82, 2.24) is 14.8 Å². The zero-order chi connectivity index (χ0) is 12.4. The Balaban J connectivity index is 2.14. The highest BCUT2D eigenvalue weighted by Crippen LogP contribution is 2.15. The fourth-order valence-corrected chi connectivity index (χ4v) is 2.37. The SMILES string of the molecule is Cc1cc(Br)cnc1C(=O)N1CCN(C)CC1. The van der Waals surface area contributed by atoms with E-state index in [1.165, 1.54) is 0 Å². The second-order valence-corrected chi connectivity index (χ2v) is 5.33. The maximum Gasteiger partial charge on any atom is 0.272 e. The molecule has 5 heteroatoms. The molecule has 0 aromatic carbocycles. The van der Waals surface area contributed by atoms with Crippen LogP contribution in [0.5, 0.6) is 0 Å². The highest BCUT2D eigenvalue weighted by atomic mass is 79.9. The molecule has 0 spiro atoms. The molecule has 2 heterocycles. The van der Waals surface area contributed by atoms with Gasteiger partial charge in [-0.25, -0.2) is 4.98 Å². The molecule has 1 saturated heterocycles. The van der Waals surface area contributed by atoms with Crippen LogP contribution in [0.15, 0.2) is 16.7 Å². The predicted molar refractivity (Wildman–Crippen MR) is 70.1 cm³/mol. The number of aryl methyl sites for hydroxylation is 1. The van der Waals surface area contributed by atoms with Crippen molar-refractivity contribution in [1.29, 1.82) is 0 Å². The molecule has 17 heavy (non-hydrogen) atoms. The average molecular weight is 298 g/mol. The van der Waals surface area contributed by atoms with Gasteiger partial charge in [-0.15, -0.1) is 0 Å². The molecule has 1 aliphatic heterocycles. The Bertz CT molecular complexity index is 428. The van der Waals surface area contributed by atoms with Crippen LogP contribution in [0, 0.1) is 6.92 Å². The van der Waals surface area contributed by atoms with Crippen LogP contribution in [0.3, 0.4) is 0 Å². The van der Waals surface area contributed by atoms with Gasteiger partial charge in [0.2, 0.25) is 0 Å². The lowest BCUT2D eigenvalue weighted by atomic mass is 10.2. The topological polar surface area (TPSA) is 36.4 Å². The van der Waals surface area contributed by atoms with Crippen LogP contribution in [0.1, 0.15) is 16.1 Å². The molecule has 92 valence electrons. The van der Waals surface area contributed by atoms with Gasteiger partial charge in [0, 0.05) is 36.8 Å². The van der Waals surface area contributed by atoms with Gasteiger partial charge in [-0.1, -0.05) is 0 Å². The highest BCUT2D eigenvalue weighted by Gasteiger charge is 2.22. The minimum Gasteiger partial charge on any atom is -0.335 e. The van der Waals surface area contributed by atoms with Gasteiger partial charge in [0.05, 0.1) is 0 Å². The molecule has 1 amide bonds. The second kappa shape index (κ2) is 5.14. The van der Waals surface area contributed by atoms with Gasteiger partial charge >= 0.3 is 0 Å². The molecule has 1 aromatic heterocycles. The van der Waals surface area contributed by atoms with Crippen LogP contribution in [0.4, 0.5) is 0 Å². The van der Waals surface area contributed by atoms with E-state index < -0.39 is 0 Å². The first-order chi connectivity index (χ1) is 8.08. The number of carbonyl (C=O) groups excluding carboxylic acids is 1. The molecule has 1 aliphatic rings. The van der Waals surface area contributed by atoms with Crippen molar-refractivity contribution in [2.24, 2.45) is 0 Å². The summed E-state index contributed by atoms with van der Waals surface area (Å²) in [6.45, 7) is 5.35. The van der Waals surface area contributed by atoms with E-state index in [1.54, 1.807) is 6.20 Å². The van der Waals surface area contributed by atoms with Gasteiger partial charge in [-0.2, -0.15) is 0 Å². The third-order valence-electron chi connectivity index (χ3n) is 3.04. The van der Waals surface area contributed by atoms with E-state index in [2.05, 4.69) is 32.9 Å². The standard InChI is InChI=1S/C12H16BrN3O/c1-9-7-10(13)8-14-11(9)12(17)16-5-3-15(2)4-6-16/h7-8H,3-6H2,1-2H3. The lowest BCUT2D eigenvalue weighted by Crippen LogP contribution is -2.47. The van der Waals surface area contributed by atoms with Gasteiger partial charge in [0.15, 0.2) is 0 Å². The number of aromatic nitrogens is 1. The highest BCUT2D eigenvalue weighted by molar-refractivity contribution is 9.10. The van der Waals surface area contributed by atoms with Crippen molar-refractivity contribution in [2.45, 2.75) is 6.92 Å². The molecule has 0 N–H and O–H groups in total. The molecular formula is C12H16BrN3O. The van der Waals surface area contributed by atoms with Gasteiger partial charge in [0.25, 0.3) is 5.91 Å². The molecule has 0 radical (unpaired) electrons. The summed E-state index contributed by atoms with van der Waals surface area (Å²) < 4.78 is 0.907. The average Bonchev–Trinajstić information content (AvgIpc) is 2.29. The lowest BCUT2D eigenvalue weighted by Gasteiger charge is -2.32. The van der Waals surface area contributed by atoms with Crippen molar-refractivity contribution in [3.63, 3.8) is 0 Å². The summed E-state index contributed by atoms with van der Waals surface area (Å²) in [5.74, 6) is 0.0445. The Morgan fingerprint density at radius 1 is 1.35 bits per heavy atom. The summed E-state index contributed by atoms with van der Waals surface area (Å²) in [5, 5.41) is 0. The predicted octanol–water partition coefficient (Wildman–Crippen LogP) is 1.54. The number of rotatable bonds is 1. The maximum atomic E-state index is 12.3. The summed E-state index contributed by atoms with van der Waals surface area (Å²) in [4.78, 5) is 20.6. The van der Waals surface area contributed by atoms with E-state index in [0.29, 0.717) is 5.69 Å². The van der Waals surface area contributed by atoms with E-state index in [9.17, 15) is 4.79 Å². The van der Waals surface area contributed by atoms with Crippen molar-refractivity contribution >= 4 is 21.8 Å². The Morgan fingerprint density at radius 2 is 2.00 bits per heavy atom. The van der Waals surface area contributed by atoms with Gasteiger partial charge < -0.3 is 9.80 Å². The molecule has 0 bridgehead atoms. The number of hydrogen-bond donors (Lipinski definition) is 0.